The second-order valence-corrected chi connectivity index (χ2v) is 7.61. The molecule has 5 nitrogen and oxygen atoms in total. The quantitative estimate of drug-likeness (QED) is 0.692. The molecule has 3 aromatic rings. The lowest BCUT2D eigenvalue weighted by molar-refractivity contribution is 0.0946. The van der Waals surface area contributed by atoms with Gasteiger partial charge < -0.3 is 15.1 Å². The van der Waals surface area contributed by atoms with E-state index in [1.807, 2.05) is 0 Å². The van der Waals surface area contributed by atoms with E-state index in [0.29, 0.717) is 12.2 Å². The van der Waals surface area contributed by atoms with Crippen LogP contribution < -0.4 is 15.1 Å². The number of hydrogen-bond donors (Lipinski definition) is 1. The summed E-state index contributed by atoms with van der Waals surface area (Å²) in [6.45, 7) is 3.49. The van der Waals surface area contributed by atoms with Crippen molar-refractivity contribution in [2.75, 3.05) is 36.0 Å². The zero-order chi connectivity index (χ0) is 20.2. The van der Waals surface area contributed by atoms with Gasteiger partial charge >= 0.3 is 0 Å². The van der Waals surface area contributed by atoms with Crippen molar-refractivity contribution in [2.24, 2.45) is 0 Å². The first-order valence-electron chi connectivity index (χ1n) is 9.32. The van der Waals surface area contributed by atoms with Crippen LogP contribution in [-0.2, 0) is 6.54 Å². The molecular formula is C21H20F2N4OS. The van der Waals surface area contributed by atoms with Crippen LogP contribution in [0.5, 0.6) is 0 Å². The molecule has 4 rings (SSSR count). The molecule has 1 saturated heterocycles. The lowest BCUT2D eigenvalue weighted by atomic mass is 10.2. The van der Waals surface area contributed by atoms with Crippen LogP contribution in [0.3, 0.4) is 0 Å². The molecule has 1 aliphatic heterocycles. The molecule has 150 valence electrons. The van der Waals surface area contributed by atoms with E-state index in [-0.39, 0.29) is 17.5 Å². The molecule has 0 saturated carbocycles. The van der Waals surface area contributed by atoms with E-state index in [1.54, 1.807) is 29.6 Å². The molecule has 0 unspecified atom stereocenters. The Labute approximate surface area is 171 Å². The third-order valence-electron chi connectivity index (χ3n) is 4.83. The lowest BCUT2D eigenvalue weighted by Gasteiger charge is -2.36. The molecule has 0 bridgehead atoms. The summed E-state index contributed by atoms with van der Waals surface area (Å²) in [7, 11) is 0. The topological polar surface area (TPSA) is 48.5 Å². The van der Waals surface area contributed by atoms with Gasteiger partial charge in [0.05, 0.1) is 0 Å². The van der Waals surface area contributed by atoms with Crippen LogP contribution in [0.1, 0.15) is 16.1 Å². The Morgan fingerprint density at radius 2 is 1.52 bits per heavy atom. The summed E-state index contributed by atoms with van der Waals surface area (Å²) in [6.07, 6.45) is 0. The van der Waals surface area contributed by atoms with Crippen molar-refractivity contribution in [3.63, 3.8) is 0 Å². The van der Waals surface area contributed by atoms with Gasteiger partial charge in [-0.25, -0.2) is 13.8 Å². The number of benzene rings is 2. The summed E-state index contributed by atoms with van der Waals surface area (Å²) >= 11 is 1.44. The third kappa shape index (κ3) is 4.71. The normalized spacial score (nSPS) is 14.1. The number of hydrogen-bond acceptors (Lipinski definition) is 5. The average Bonchev–Trinajstić information content (AvgIpc) is 3.24. The molecule has 8 heteroatoms. The number of carbonyl (C=O) groups excluding carboxylic acids is 1. The molecule has 29 heavy (non-hydrogen) atoms. The molecule has 1 aliphatic rings. The average molecular weight is 414 g/mol. The maximum Gasteiger partial charge on any atom is 0.271 e. The summed E-state index contributed by atoms with van der Waals surface area (Å²) in [6, 6.07) is 12.5. The molecule has 1 N–H and O–H groups in total. The number of halogens is 2. The zero-order valence-electron chi connectivity index (χ0n) is 15.6. The standard InChI is InChI=1S/C21H20F2N4OS/c22-16-3-1-15(2-4-16)13-24-20(28)19-14-29-21(25-19)27-11-9-26(10-12-27)18-7-5-17(23)6-8-18/h1-8,14H,9-13H2,(H,24,28). The van der Waals surface area contributed by atoms with Gasteiger partial charge in [-0.15, -0.1) is 11.3 Å². The van der Waals surface area contributed by atoms with Gasteiger partial charge in [-0.05, 0) is 42.0 Å². The first-order valence-corrected chi connectivity index (χ1v) is 10.2. The molecule has 1 amide bonds. The minimum absolute atomic E-state index is 0.236. The Hall–Kier alpha value is -3.00. The zero-order valence-corrected chi connectivity index (χ0v) is 16.5. The van der Waals surface area contributed by atoms with Crippen molar-refractivity contribution in [1.29, 1.82) is 0 Å². The van der Waals surface area contributed by atoms with Gasteiger partial charge in [0, 0.05) is 43.8 Å². The van der Waals surface area contributed by atoms with Crippen molar-refractivity contribution >= 4 is 28.1 Å². The van der Waals surface area contributed by atoms with Gasteiger partial charge in [-0.1, -0.05) is 12.1 Å². The monoisotopic (exact) mass is 414 g/mol. The Kier molecular flexibility index (Phi) is 5.71. The Morgan fingerprint density at radius 3 is 2.17 bits per heavy atom. The summed E-state index contributed by atoms with van der Waals surface area (Å²) in [5.74, 6) is -0.786. The number of nitrogens with zero attached hydrogens (tertiary/aromatic N) is 3. The lowest BCUT2D eigenvalue weighted by Crippen LogP contribution is -2.46. The van der Waals surface area contributed by atoms with E-state index >= 15 is 0 Å². The highest BCUT2D eigenvalue weighted by atomic mass is 32.1. The molecule has 2 heterocycles. The molecular weight excluding hydrogens is 394 g/mol. The molecule has 0 aliphatic carbocycles. The van der Waals surface area contributed by atoms with E-state index in [2.05, 4.69) is 20.1 Å². The maximum atomic E-state index is 13.1. The molecule has 0 spiro atoms. The van der Waals surface area contributed by atoms with Crippen LogP contribution in [0.2, 0.25) is 0 Å². The number of nitrogens with one attached hydrogen (secondary N) is 1. The first kappa shape index (κ1) is 19.3. The second-order valence-electron chi connectivity index (χ2n) is 6.77. The molecule has 1 fully saturated rings. The highest BCUT2D eigenvalue weighted by molar-refractivity contribution is 7.13. The van der Waals surface area contributed by atoms with E-state index in [4.69, 9.17) is 0 Å². The van der Waals surface area contributed by atoms with Gasteiger partial charge in [-0.3, -0.25) is 4.79 Å². The minimum Gasteiger partial charge on any atom is -0.368 e. The van der Waals surface area contributed by atoms with Crippen LogP contribution in [0.25, 0.3) is 0 Å². The fourth-order valence-corrected chi connectivity index (χ4v) is 4.06. The number of piperazine rings is 1. The van der Waals surface area contributed by atoms with Crippen molar-refractivity contribution < 1.29 is 13.6 Å². The van der Waals surface area contributed by atoms with Gasteiger partial charge in [-0.2, -0.15) is 0 Å². The third-order valence-corrected chi connectivity index (χ3v) is 5.73. The van der Waals surface area contributed by atoms with Crippen molar-refractivity contribution in [3.05, 3.63) is 76.8 Å². The van der Waals surface area contributed by atoms with Crippen LogP contribution in [0.4, 0.5) is 19.6 Å². The smallest absolute Gasteiger partial charge is 0.271 e. The fraction of sp³-hybridized carbons (Fsp3) is 0.238. The van der Waals surface area contributed by atoms with Gasteiger partial charge in [0.1, 0.15) is 17.3 Å². The summed E-state index contributed by atoms with van der Waals surface area (Å²) in [5, 5.41) is 5.38. The Bertz CT molecular complexity index is 967. The van der Waals surface area contributed by atoms with Crippen molar-refractivity contribution in [2.45, 2.75) is 6.54 Å². The number of carbonyl (C=O) groups is 1. The number of amides is 1. The highest BCUT2D eigenvalue weighted by Crippen LogP contribution is 2.24. The van der Waals surface area contributed by atoms with Gasteiger partial charge in [0.2, 0.25) is 0 Å². The van der Waals surface area contributed by atoms with E-state index in [0.717, 1.165) is 42.6 Å². The minimum atomic E-state index is -0.302. The summed E-state index contributed by atoms with van der Waals surface area (Å²) < 4.78 is 26.0. The highest BCUT2D eigenvalue weighted by Gasteiger charge is 2.21. The predicted molar refractivity (Wildman–Crippen MR) is 111 cm³/mol. The Balaban J connectivity index is 1.31. The SMILES string of the molecule is O=C(NCc1ccc(F)cc1)c1csc(N2CCN(c3ccc(F)cc3)CC2)n1. The predicted octanol–water partition coefficient (Wildman–Crippen LogP) is 3.68. The van der Waals surface area contributed by atoms with Crippen molar-refractivity contribution in [1.82, 2.24) is 10.3 Å². The largest absolute Gasteiger partial charge is 0.368 e. The van der Waals surface area contributed by atoms with E-state index < -0.39 is 0 Å². The Morgan fingerprint density at radius 1 is 0.931 bits per heavy atom. The van der Waals surface area contributed by atoms with Crippen LogP contribution in [-0.4, -0.2) is 37.1 Å². The summed E-state index contributed by atoms with van der Waals surface area (Å²) in [4.78, 5) is 21.2. The fourth-order valence-electron chi connectivity index (χ4n) is 3.20. The maximum absolute atomic E-state index is 13.1. The number of aromatic nitrogens is 1. The molecule has 1 aromatic heterocycles. The molecule has 0 atom stereocenters. The van der Waals surface area contributed by atoms with Crippen LogP contribution in [0.15, 0.2) is 53.9 Å². The first-order chi connectivity index (χ1) is 14.1. The second kappa shape index (κ2) is 8.57. The van der Waals surface area contributed by atoms with Crippen LogP contribution in [0, 0.1) is 11.6 Å². The van der Waals surface area contributed by atoms with E-state index in [1.165, 1.54) is 35.6 Å². The number of anilines is 2. The van der Waals surface area contributed by atoms with Gasteiger partial charge in [0.25, 0.3) is 5.91 Å². The van der Waals surface area contributed by atoms with Crippen molar-refractivity contribution in [3.8, 4) is 0 Å². The number of thiazole rings is 1. The molecule has 0 radical (unpaired) electrons. The number of rotatable bonds is 5. The van der Waals surface area contributed by atoms with Crippen LogP contribution >= 0.6 is 11.3 Å². The molecule has 2 aromatic carbocycles. The van der Waals surface area contributed by atoms with E-state index in [9.17, 15) is 13.6 Å². The summed E-state index contributed by atoms with van der Waals surface area (Å²) in [5.41, 5.74) is 2.21. The van der Waals surface area contributed by atoms with Gasteiger partial charge in [0.15, 0.2) is 5.13 Å².